The van der Waals surface area contributed by atoms with Crippen molar-refractivity contribution >= 4 is 10.1 Å². The molecule has 0 unspecified atom stereocenters. The topological polar surface area (TPSA) is 179 Å². The summed E-state index contributed by atoms with van der Waals surface area (Å²) in [4.78, 5) is 0.897. The second-order valence-electron chi connectivity index (χ2n) is 4.84. The van der Waals surface area contributed by atoms with Gasteiger partial charge in [0.2, 0.25) is 0 Å². The van der Waals surface area contributed by atoms with Crippen molar-refractivity contribution in [3.8, 4) is 0 Å². The fourth-order valence-electron chi connectivity index (χ4n) is 2.00. The molecule has 11 heteroatoms. The van der Waals surface area contributed by atoms with Gasteiger partial charge in [-0.25, -0.2) is 0 Å². The van der Waals surface area contributed by atoms with E-state index in [9.17, 15) is 39.1 Å². The molecule has 0 fully saturated rings. The fraction of sp³-hybridized carbons (Fsp3) is 1.00. The first-order valence-electron chi connectivity index (χ1n) is 6.09. The summed E-state index contributed by atoms with van der Waals surface area (Å²) in [6, 6.07) is 0. The van der Waals surface area contributed by atoms with Gasteiger partial charge in [0.05, 0.1) is 56.5 Å². The first kappa shape index (κ1) is 20.6. The summed E-state index contributed by atoms with van der Waals surface area (Å²) in [7, 11) is -4.42. The predicted molar refractivity (Wildman–Crippen MR) is 71.1 cm³/mol. The molecular formula is C10H23NO9S. The Balaban J connectivity index is 5.74. The first-order valence-corrected chi connectivity index (χ1v) is 7.70. The van der Waals surface area contributed by atoms with Crippen LogP contribution in [0.25, 0.3) is 0 Å². The van der Waals surface area contributed by atoms with Crippen LogP contribution in [0, 0.1) is 0 Å². The van der Waals surface area contributed by atoms with E-state index in [1.165, 1.54) is 0 Å². The van der Waals surface area contributed by atoms with Crippen LogP contribution >= 0.6 is 0 Å². The maximum Gasteiger partial charge on any atom is 0.266 e. The van der Waals surface area contributed by atoms with Crippen molar-refractivity contribution in [2.24, 2.45) is 0 Å². The van der Waals surface area contributed by atoms with Gasteiger partial charge in [0, 0.05) is 6.54 Å². The molecule has 0 bridgehead atoms. The van der Waals surface area contributed by atoms with Gasteiger partial charge in [-0.15, -0.1) is 0 Å². The Morgan fingerprint density at radius 3 is 1.19 bits per heavy atom. The second-order valence-corrected chi connectivity index (χ2v) is 6.41. The number of hydrogen-bond acceptors (Lipinski definition) is 9. The Morgan fingerprint density at radius 2 is 1.00 bits per heavy atom. The Kier molecular flexibility index (Phi) is 8.17. The summed E-state index contributed by atoms with van der Waals surface area (Å²) in [5.41, 5.74) is -3.61. The van der Waals surface area contributed by atoms with E-state index in [1.807, 2.05) is 0 Å². The molecule has 0 heterocycles. The van der Waals surface area contributed by atoms with Gasteiger partial charge in [-0.05, 0) is 0 Å². The molecular weight excluding hydrogens is 310 g/mol. The zero-order chi connectivity index (χ0) is 16.7. The lowest BCUT2D eigenvalue weighted by Crippen LogP contribution is -2.70. The van der Waals surface area contributed by atoms with Gasteiger partial charge in [-0.1, -0.05) is 0 Å². The maximum absolute atomic E-state index is 10.9. The SMILES string of the molecule is O=S(=O)(O)CCN(C(CO)(CO)CO)C(CO)(CO)CO. The van der Waals surface area contributed by atoms with Crippen LogP contribution in [0.3, 0.4) is 0 Å². The quantitative estimate of drug-likeness (QED) is 0.182. The normalized spacial score (nSPS) is 13.9. The summed E-state index contributed by atoms with van der Waals surface area (Å²) in [5, 5.41) is 56.4. The third-order valence-corrected chi connectivity index (χ3v) is 4.18. The van der Waals surface area contributed by atoms with Crippen LogP contribution in [0.4, 0.5) is 0 Å². The lowest BCUT2D eigenvalue weighted by molar-refractivity contribution is -0.141. The van der Waals surface area contributed by atoms with Crippen LogP contribution in [0.1, 0.15) is 0 Å². The van der Waals surface area contributed by atoms with E-state index in [-0.39, 0.29) is 0 Å². The van der Waals surface area contributed by atoms with Gasteiger partial charge in [0.25, 0.3) is 10.1 Å². The van der Waals surface area contributed by atoms with Gasteiger partial charge < -0.3 is 30.6 Å². The van der Waals surface area contributed by atoms with Crippen molar-refractivity contribution in [2.75, 3.05) is 51.9 Å². The van der Waals surface area contributed by atoms with Crippen LogP contribution < -0.4 is 0 Å². The molecule has 0 aromatic heterocycles. The average Bonchev–Trinajstić information content (AvgIpc) is 2.47. The highest BCUT2D eigenvalue weighted by Gasteiger charge is 2.47. The first-order chi connectivity index (χ1) is 9.70. The zero-order valence-corrected chi connectivity index (χ0v) is 12.3. The fourth-order valence-corrected chi connectivity index (χ4v) is 2.41. The highest BCUT2D eigenvalue weighted by Crippen LogP contribution is 2.25. The molecule has 0 spiro atoms. The molecule has 0 amide bonds. The highest BCUT2D eigenvalue weighted by molar-refractivity contribution is 7.85. The summed E-state index contributed by atoms with van der Waals surface area (Å²) in [6.07, 6.45) is 0. The lowest BCUT2D eigenvalue weighted by Gasteiger charge is -2.50. The molecule has 0 aliphatic heterocycles. The van der Waals surface area contributed by atoms with Gasteiger partial charge in [0.1, 0.15) is 0 Å². The Morgan fingerprint density at radius 1 is 0.714 bits per heavy atom. The number of rotatable bonds is 11. The molecule has 21 heavy (non-hydrogen) atoms. The minimum Gasteiger partial charge on any atom is -0.394 e. The van der Waals surface area contributed by atoms with Crippen molar-refractivity contribution in [3.63, 3.8) is 0 Å². The number of hydrogen-bond donors (Lipinski definition) is 7. The third kappa shape index (κ3) is 4.81. The van der Waals surface area contributed by atoms with Crippen molar-refractivity contribution < 1.29 is 43.6 Å². The molecule has 0 rings (SSSR count). The molecule has 0 radical (unpaired) electrons. The molecule has 0 aliphatic carbocycles. The van der Waals surface area contributed by atoms with Crippen LogP contribution in [0.5, 0.6) is 0 Å². The Labute approximate surface area is 122 Å². The van der Waals surface area contributed by atoms with Crippen molar-refractivity contribution in [1.82, 2.24) is 4.90 Å². The molecule has 0 aliphatic rings. The van der Waals surface area contributed by atoms with Gasteiger partial charge in [-0.2, -0.15) is 8.42 Å². The van der Waals surface area contributed by atoms with Gasteiger partial charge >= 0.3 is 0 Å². The largest absolute Gasteiger partial charge is 0.394 e. The minimum absolute atomic E-state index is 0.553. The van der Waals surface area contributed by atoms with Crippen LogP contribution in [-0.2, 0) is 10.1 Å². The van der Waals surface area contributed by atoms with Crippen molar-refractivity contribution in [2.45, 2.75) is 11.1 Å². The molecule has 0 saturated carbocycles. The van der Waals surface area contributed by atoms with Crippen LogP contribution in [-0.4, -0.2) is 112 Å². The van der Waals surface area contributed by atoms with E-state index in [4.69, 9.17) is 4.55 Å². The molecule has 0 aromatic carbocycles. The van der Waals surface area contributed by atoms with Gasteiger partial charge in [-0.3, -0.25) is 9.45 Å². The molecule has 128 valence electrons. The zero-order valence-electron chi connectivity index (χ0n) is 11.5. The lowest BCUT2D eigenvalue weighted by atomic mass is 9.90. The van der Waals surface area contributed by atoms with Crippen LogP contribution in [0.15, 0.2) is 0 Å². The number of nitrogens with zero attached hydrogens (tertiary/aromatic N) is 1. The standard InChI is InChI=1S/C10H23NO9S/c12-3-9(4-13,5-14)11(1-2-21(18,19)20)10(6-15,7-16)8-17/h12-17H,1-8H2,(H,18,19,20). The number of aliphatic hydroxyl groups is 6. The summed E-state index contributed by atoms with van der Waals surface area (Å²) in [6.45, 7) is -5.59. The maximum atomic E-state index is 10.9. The Bertz CT molecular complexity index is 355. The van der Waals surface area contributed by atoms with E-state index in [0.29, 0.717) is 0 Å². The predicted octanol–water partition coefficient (Wildman–Crippen LogP) is -4.39. The smallest absolute Gasteiger partial charge is 0.266 e. The third-order valence-electron chi connectivity index (χ3n) is 3.48. The molecule has 0 saturated heterocycles. The van der Waals surface area contributed by atoms with E-state index in [2.05, 4.69) is 0 Å². The molecule has 0 aromatic rings. The van der Waals surface area contributed by atoms with Crippen molar-refractivity contribution in [1.29, 1.82) is 0 Å². The second kappa shape index (κ2) is 8.31. The minimum atomic E-state index is -4.42. The van der Waals surface area contributed by atoms with E-state index in [0.717, 1.165) is 4.90 Å². The highest BCUT2D eigenvalue weighted by atomic mass is 32.2. The van der Waals surface area contributed by atoms with Crippen LogP contribution in [0.2, 0.25) is 0 Å². The Hall–Kier alpha value is -0.370. The average molecular weight is 333 g/mol. The van der Waals surface area contributed by atoms with E-state index < -0.39 is 73.1 Å². The molecule has 10 nitrogen and oxygen atoms in total. The van der Waals surface area contributed by atoms with Gasteiger partial charge in [0.15, 0.2) is 0 Å². The summed E-state index contributed by atoms with van der Waals surface area (Å²) in [5.74, 6) is -0.851. The summed E-state index contributed by atoms with van der Waals surface area (Å²) >= 11 is 0. The summed E-state index contributed by atoms with van der Waals surface area (Å²) < 4.78 is 30.6. The van der Waals surface area contributed by atoms with Crippen molar-refractivity contribution in [3.05, 3.63) is 0 Å². The van der Waals surface area contributed by atoms with E-state index >= 15 is 0 Å². The van der Waals surface area contributed by atoms with E-state index in [1.54, 1.807) is 0 Å². The monoisotopic (exact) mass is 333 g/mol. The molecule has 7 N–H and O–H groups in total. The number of aliphatic hydroxyl groups excluding tert-OH is 6. The molecule has 0 atom stereocenters.